The van der Waals surface area contributed by atoms with Crippen molar-refractivity contribution in [1.82, 2.24) is 9.88 Å². The Morgan fingerprint density at radius 3 is 2.73 bits per heavy atom. The molecule has 0 amide bonds. The monoisotopic (exact) mass is 297 g/mol. The Bertz CT molecular complexity index is 602. The summed E-state index contributed by atoms with van der Waals surface area (Å²) in [5.74, 6) is 0.911. The van der Waals surface area contributed by atoms with Crippen LogP contribution in [0.3, 0.4) is 0 Å². The topological polar surface area (TPSA) is 39.6 Å². The summed E-state index contributed by atoms with van der Waals surface area (Å²) in [6.45, 7) is 3.03. The van der Waals surface area contributed by atoms with E-state index in [0.717, 1.165) is 37.4 Å². The van der Waals surface area contributed by atoms with Crippen LogP contribution < -0.4 is 4.90 Å². The van der Waals surface area contributed by atoms with Gasteiger partial charge in [-0.3, -0.25) is 0 Å². The zero-order valence-corrected chi connectivity index (χ0v) is 13.0. The molecule has 1 saturated heterocycles. The van der Waals surface area contributed by atoms with E-state index >= 15 is 0 Å². The molecule has 22 heavy (non-hydrogen) atoms. The van der Waals surface area contributed by atoms with Crippen LogP contribution in [0.4, 0.5) is 5.82 Å². The minimum atomic E-state index is 0.0248. The number of benzene rings is 1. The first kappa shape index (κ1) is 15.0. The van der Waals surface area contributed by atoms with Gasteiger partial charge in [-0.25, -0.2) is 4.98 Å². The van der Waals surface area contributed by atoms with Crippen molar-refractivity contribution >= 4 is 5.82 Å². The van der Waals surface area contributed by atoms with E-state index in [4.69, 9.17) is 0 Å². The van der Waals surface area contributed by atoms with Crippen molar-refractivity contribution < 1.29 is 5.11 Å². The second kappa shape index (κ2) is 6.90. The summed E-state index contributed by atoms with van der Waals surface area (Å²) < 4.78 is 0. The zero-order valence-electron chi connectivity index (χ0n) is 13.0. The van der Waals surface area contributed by atoms with Gasteiger partial charge in [0, 0.05) is 24.8 Å². The third-order valence-electron chi connectivity index (χ3n) is 4.29. The van der Waals surface area contributed by atoms with E-state index in [0.29, 0.717) is 0 Å². The molecule has 1 aromatic heterocycles. The number of nitrogens with zero attached hydrogens (tertiary/aromatic N) is 3. The first-order valence-electron chi connectivity index (χ1n) is 7.84. The number of likely N-dealkylation sites (N-methyl/N-ethyl adjacent to an activating group) is 1. The highest BCUT2D eigenvalue weighted by molar-refractivity contribution is 5.49. The first-order chi connectivity index (χ1) is 10.8. The molecule has 1 unspecified atom stereocenters. The van der Waals surface area contributed by atoms with Gasteiger partial charge in [0.1, 0.15) is 5.82 Å². The van der Waals surface area contributed by atoms with Crippen molar-refractivity contribution in [2.45, 2.75) is 19.1 Å². The number of hydrogen-bond donors (Lipinski definition) is 1. The molecule has 0 radical (unpaired) electrons. The number of rotatable bonds is 3. The summed E-state index contributed by atoms with van der Waals surface area (Å²) in [6.07, 6.45) is 2.91. The standard InChI is InChI=1S/C18H23N3O/c1-20-11-6-12-21(18-16(14-22)9-5-10-19-18)17(13-20)15-7-3-2-4-8-15/h2-5,7-10,17,22H,6,11-14H2,1H3. The number of aliphatic hydroxyl groups is 1. The van der Waals surface area contributed by atoms with Crippen molar-refractivity contribution in [2.24, 2.45) is 0 Å². The fourth-order valence-corrected chi connectivity index (χ4v) is 3.18. The van der Waals surface area contributed by atoms with Crippen LogP contribution in [0.2, 0.25) is 0 Å². The van der Waals surface area contributed by atoms with Crippen molar-refractivity contribution in [2.75, 3.05) is 31.6 Å². The SMILES string of the molecule is CN1CCCN(c2ncccc2CO)C(c2ccccc2)C1. The third-order valence-corrected chi connectivity index (χ3v) is 4.29. The maximum absolute atomic E-state index is 9.65. The lowest BCUT2D eigenvalue weighted by Gasteiger charge is -2.33. The molecule has 1 aliphatic heterocycles. The van der Waals surface area contributed by atoms with Crippen molar-refractivity contribution in [3.63, 3.8) is 0 Å². The molecule has 116 valence electrons. The highest BCUT2D eigenvalue weighted by Gasteiger charge is 2.27. The van der Waals surface area contributed by atoms with E-state index in [1.165, 1.54) is 5.56 Å². The van der Waals surface area contributed by atoms with Gasteiger partial charge >= 0.3 is 0 Å². The van der Waals surface area contributed by atoms with Crippen LogP contribution in [-0.4, -0.2) is 41.7 Å². The van der Waals surface area contributed by atoms with Crippen molar-refractivity contribution in [1.29, 1.82) is 0 Å². The van der Waals surface area contributed by atoms with Crippen LogP contribution in [-0.2, 0) is 6.61 Å². The zero-order chi connectivity index (χ0) is 15.4. The summed E-state index contributed by atoms with van der Waals surface area (Å²) in [7, 11) is 2.17. The van der Waals surface area contributed by atoms with Gasteiger partial charge < -0.3 is 14.9 Å². The summed E-state index contributed by atoms with van der Waals surface area (Å²) in [5.41, 5.74) is 2.19. The van der Waals surface area contributed by atoms with E-state index in [1.54, 1.807) is 0 Å². The molecule has 4 heteroatoms. The molecular weight excluding hydrogens is 274 g/mol. The second-order valence-electron chi connectivity index (χ2n) is 5.88. The van der Waals surface area contributed by atoms with E-state index < -0.39 is 0 Å². The quantitative estimate of drug-likeness (QED) is 0.944. The van der Waals surface area contributed by atoms with Gasteiger partial charge in [0.05, 0.1) is 12.6 Å². The van der Waals surface area contributed by atoms with E-state index in [1.807, 2.05) is 24.4 Å². The van der Waals surface area contributed by atoms with E-state index in [-0.39, 0.29) is 12.6 Å². The summed E-state index contributed by atoms with van der Waals surface area (Å²) in [6, 6.07) is 14.7. The van der Waals surface area contributed by atoms with Crippen LogP contribution in [0.15, 0.2) is 48.7 Å². The molecule has 0 saturated carbocycles. The maximum atomic E-state index is 9.65. The Morgan fingerprint density at radius 2 is 1.95 bits per heavy atom. The lowest BCUT2D eigenvalue weighted by atomic mass is 10.0. The largest absolute Gasteiger partial charge is 0.392 e. The number of pyridine rings is 1. The molecule has 1 fully saturated rings. The maximum Gasteiger partial charge on any atom is 0.134 e. The van der Waals surface area contributed by atoms with Gasteiger partial charge in [-0.2, -0.15) is 0 Å². The molecule has 4 nitrogen and oxygen atoms in total. The van der Waals surface area contributed by atoms with Crippen LogP contribution in [0.25, 0.3) is 0 Å². The average Bonchev–Trinajstić information content (AvgIpc) is 2.77. The van der Waals surface area contributed by atoms with Gasteiger partial charge in [0.2, 0.25) is 0 Å². The van der Waals surface area contributed by atoms with Crippen molar-refractivity contribution in [3.05, 3.63) is 59.8 Å². The summed E-state index contributed by atoms with van der Waals surface area (Å²) in [5, 5.41) is 9.65. The van der Waals surface area contributed by atoms with Crippen LogP contribution in [0.5, 0.6) is 0 Å². The minimum Gasteiger partial charge on any atom is -0.392 e. The van der Waals surface area contributed by atoms with Gasteiger partial charge in [0.15, 0.2) is 0 Å². The Hall–Kier alpha value is -1.91. The number of aliphatic hydroxyl groups excluding tert-OH is 1. The number of aromatic nitrogens is 1. The molecule has 2 aromatic rings. The third kappa shape index (κ3) is 3.13. The molecule has 2 heterocycles. The Morgan fingerprint density at radius 1 is 1.14 bits per heavy atom. The van der Waals surface area contributed by atoms with Crippen LogP contribution in [0.1, 0.15) is 23.6 Å². The molecule has 1 aliphatic rings. The lowest BCUT2D eigenvalue weighted by molar-refractivity contribution is 0.281. The van der Waals surface area contributed by atoms with Crippen LogP contribution >= 0.6 is 0 Å². The molecular formula is C18H23N3O. The predicted molar refractivity (Wildman–Crippen MR) is 88.8 cm³/mol. The molecule has 1 aromatic carbocycles. The lowest BCUT2D eigenvalue weighted by Crippen LogP contribution is -2.34. The van der Waals surface area contributed by atoms with E-state index in [9.17, 15) is 5.11 Å². The average molecular weight is 297 g/mol. The van der Waals surface area contributed by atoms with Gasteiger partial charge in [-0.05, 0) is 31.6 Å². The van der Waals surface area contributed by atoms with Gasteiger partial charge in [-0.15, -0.1) is 0 Å². The smallest absolute Gasteiger partial charge is 0.134 e. The van der Waals surface area contributed by atoms with Crippen molar-refractivity contribution in [3.8, 4) is 0 Å². The van der Waals surface area contributed by atoms with Gasteiger partial charge in [-0.1, -0.05) is 36.4 Å². The summed E-state index contributed by atoms with van der Waals surface area (Å²) >= 11 is 0. The van der Waals surface area contributed by atoms with E-state index in [2.05, 4.69) is 46.1 Å². The molecule has 3 rings (SSSR count). The van der Waals surface area contributed by atoms with Crippen LogP contribution in [0, 0.1) is 0 Å². The molecule has 0 bridgehead atoms. The molecule has 0 spiro atoms. The minimum absolute atomic E-state index is 0.0248. The first-order valence-corrected chi connectivity index (χ1v) is 7.84. The highest BCUT2D eigenvalue weighted by atomic mass is 16.3. The number of anilines is 1. The number of hydrogen-bond acceptors (Lipinski definition) is 4. The van der Waals surface area contributed by atoms with Gasteiger partial charge in [0.25, 0.3) is 0 Å². The Labute approximate surface area is 132 Å². The molecule has 0 aliphatic carbocycles. The second-order valence-corrected chi connectivity index (χ2v) is 5.88. The fraction of sp³-hybridized carbons (Fsp3) is 0.389. The summed E-state index contributed by atoms with van der Waals surface area (Å²) in [4.78, 5) is 9.29. The predicted octanol–water partition coefficient (Wildman–Crippen LogP) is 2.46. The molecule has 1 atom stereocenters. The Kier molecular flexibility index (Phi) is 4.71. The fourth-order valence-electron chi connectivity index (χ4n) is 3.18. The highest BCUT2D eigenvalue weighted by Crippen LogP contribution is 2.30. The Balaban J connectivity index is 2.01. The normalized spacial score (nSPS) is 19.9. The molecule has 1 N–H and O–H groups in total.